The minimum Gasteiger partial charge on any atom is -0.493 e. The summed E-state index contributed by atoms with van der Waals surface area (Å²) in [7, 11) is 1.52. The normalized spacial score (nSPS) is 16.7. The van der Waals surface area contributed by atoms with Gasteiger partial charge in [-0.3, -0.25) is 0 Å². The van der Waals surface area contributed by atoms with Gasteiger partial charge in [0.1, 0.15) is 17.4 Å². The van der Waals surface area contributed by atoms with E-state index in [4.69, 9.17) is 24.7 Å². The average Bonchev–Trinajstić information content (AvgIpc) is 2.61. The van der Waals surface area contributed by atoms with E-state index in [9.17, 15) is 10.1 Å². The number of hydrogen-bond donors (Lipinski definition) is 1. The monoisotopic (exact) mass is 358 g/mol. The largest absolute Gasteiger partial charge is 0.493 e. The smallest absolute Gasteiger partial charge is 0.338 e. The third-order valence-electron chi connectivity index (χ3n) is 3.92. The molecule has 7 nitrogen and oxygen atoms in total. The highest BCUT2D eigenvalue weighted by Gasteiger charge is 2.36. The number of carbonyl (C=O) groups is 1. The van der Waals surface area contributed by atoms with E-state index in [1.807, 2.05) is 13.0 Å². The van der Waals surface area contributed by atoms with Gasteiger partial charge in [-0.15, -0.1) is 0 Å². The molecule has 1 aliphatic rings. The van der Waals surface area contributed by atoms with Crippen LogP contribution in [0.1, 0.15) is 32.3 Å². The minimum absolute atomic E-state index is 0.0316. The van der Waals surface area contributed by atoms with Gasteiger partial charge in [0, 0.05) is 0 Å². The Balaban J connectivity index is 2.62. The summed E-state index contributed by atoms with van der Waals surface area (Å²) in [6.45, 7) is 5.88. The van der Waals surface area contributed by atoms with E-state index in [2.05, 4.69) is 0 Å². The molecule has 1 aromatic rings. The Morgan fingerprint density at radius 2 is 2.04 bits per heavy atom. The maximum atomic E-state index is 12.5. The summed E-state index contributed by atoms with van der Waals surface area (Å²) in [5.41, 5.74) is 6.92. The molecule has 0 amide bonds. The van der Waals surface area contributed by atoms with Crippen molar-refractivity contribution in [2.75, 3.05) is 20.3 Å². The van der Waals surface area contributed by atoms with Crippen LogP contribution in [0.25, 0.3) is 0 Å². The highest BCUT2D eigenvalue weighted by molar-refractivity contribution is 5.92. The molecule has 0 saturated carbocycles. The first-order valence-electron chi connectivity index (χ1n) is 8.24. The molecule has 0 fully saturated rings. The number of carbonyl (C=O) groups excluding carboxylic acids is 1. The van der Waals surface area contributed by atoms with Crippen molar-refractivity contribution in [1.29, 1.82) is 5.26 Å². The van der Waals surface area contributed by atoms with E-state index >= 15 is 0 Å². The van der Waals surface area contributed by atoms with Crippen LogP contribution in [0, 0.1) is 11.3 Å². The van der Waals surface area contributed by atoms with Crippen LogP contribution in [0.2, 0.25) is 0 Å². The molecule has 0 aromatic heterocycles. The number of esters is 1. The van der Waals surface area contributed by atoms with Gasteiger partial charge in [0.2, 0.25) is 5.88 Å². The Morgan fingerprint density at radius 3 is 2.62 bits per heavy atom. The molecule has 0 saturated heterocycles. The van der Waals surface area contributed by atoms with Crippen LogP contribution in [0.5, 0.6) is 11.5 Å². The van der Waals surface area contributed by atoms with E-state index in [0.29, 0.717) is 29.4 Å². The van der Waals surface area contributed by atoms with Crippen molar-refractivity contribution in [2.24, 2.45) is 5.73 Å². The van der Waals surface area contributed by atoms with Crippen LogP contribution in [0.15, 0.2) is 41.0 Å². The standard InChI is InChI=1S/C19H22N2O5/c1-5-24-14-8-7-12(9-15(14)23-4)17-13(10-20)18(21)26-11(3)16(17)19(22)25-6-2/h7-9,17H,5-6,21H2,1-4H3. The first-order chi connectivity index (χ1) is 12.5. The highest BCUT2D eigenvalue weighted by atomic mass is 16.5. The Hall–Kier alpha value is -3.14. The van der Waals surface area contributed by atoms with Crippen LogP contribution in [-0.2, 0) is 14.3 Å². The maximum absolute atomic E-state index is 12.5. The fourth-order valence-electron chi connectivity index (χ4n) is 2.83. The van der Waals surface area contributed by atoms with Gasteiger partial charge in [-0.2, -0.15) is 5.26 Å². The minimum atomic E-state index is -0.711. The van der Waals surface area contributed by atoms with Crippen molar-refractivity contribution in [2.45, 2.75) is 26.7 Å². The summed E-state index contributed by atoms with van der Waals surface area (Å²) in [4.78, 5) is 12.5. The Bertz CT molecular complexity index is 805. The second-order valence-corrected chi connectivity index (χ2v) is 5.46. The lowest BCUT2D eigenvalue weighted by Crippen LogP contribution is -2.25. The van der Waals surface area contributed by atoms with Gasteiger partial charge in [0.25, 0.3) is 0 Å². The van der Waals surface area contributed by atoms with Crippen LogP contribution in [0.4, 0.5) is 0 Å². The number of nitrogens with two attached hydrogens (primary N) is 1. The third kappa shape index (κ3) is 3.59. The second-order valence-electron chi connectivity index (χ2n) is 5.46. The SMILES string of the molecule is CCOC(=O)C1=C(C)OC(N)=C(C#N)C1c1ccc(OCC)c(OC)c1. The summed E-state index contributed by atoms with van der Waals surface area (Å²) >= 11 is 0. The quantitative estimate of drug-likeness (QED) is 0.780. The zero-order valence-electron chi connectivity index (χ0n) is 15.3. The van der Waals surface area contributed by atoms with Crippen molar-refractivity contribution < 1.29 is 23.7 Å². The van der Waals surface area contributed by atoms with Gasteiger partial charge in [0.05, 0.1) is 31.8 Å². The number of nitrogens with zero attached hydrogens (tertiary/aromatic N) is 1. The van der Waals surface area contributed by atoms with Crippen molar-refractivity contribution in [3.8, 4) is 17.6 Å². The van der Waals surface area contributed by atoms with Crippen molar-refractivity contribution in [1.82, 2.24) is 0 Å². The lowest BCUT2D eigenvalue weighted by Gasteiger charge is -2.27. The predicted molar refractivity (Wildman–Crippen MR) is 94.1 cm³/mol. The van der Waals surface area contributed by atoms with Crippen molar-refractivity contribution in [3.63, 3.8) is 0 Å². The molecule has 1 aromatic carbocycles. The third-order valence-corrected chi connectivity index (χ3v) is 3.92. The van der Waals surface area contributed by atoms with Gasteiger partial charge in [-0.25, -0.2) is 4.79 Å². The lowest BCUT2D eigenvalue weighted by molar-refractivity contribution is -0.139. The fourth-order valence-corrected chi connectivity index (χ4v) is 2.83. The second kappa shape index (κ2) is 8.30. The van der Waals surface area contributed by atoms with E-state index in [-0.39, 0.29) is 23.6 Å². The van der Waals surface area contributed by atoms with Gasteiger partial charge >= 0.3 is 5.97 Å². The van der Waals surface area contributed by atoms with E-state index < -0.39 is 11.9 Å². The van der Waals surface area contributed by atoms with Gasteiger partial charge in [-0.05, 0) is 38.5 Å². The molecule has 1 aliphatic heterocycles. The molecule has 2 rings (SSSR count). The zero-order valence-corrected chi connectivity index (χ0v) is 15.3. The molecule has 26 heavy (non-hydrogen) atoms. The van der Waals surface area contributed by atoms with Gasteiger partial charge in [-0.1, -0.05) is 6.07 Å². The average molecular weight is 358 g/mol. The summed E-state index contributed by atoms with van der Waals surface area (Å²) in [6.07, 6.45) is 0. The fraction of sp³-hybridized carbons (Fsp3) is 0.368. The van der Waals surface area contributed by atoms with Crippen molar-refractivity contribution in [3.05, 3.63) is 46.6 Å². The summed E-state index contributed by atoms with van der Waals surface area (Å²) in [6, 6.07) is 7.26. The Kier molecular flexibility index (Phi) is 6.12. The number of hydrogen-bond acceptors (Lipinski definition) is 7. The number of nitriles is 1. The Labute approximate surface area is 152 Å². The van der Waals surface area contributed by atoms with Crippen LogP contribution >= 0.6 is 0 Å². The number of benzene rings is 1. The molecule has 1 unspecified atom stereocenters. The molecule has 0 aliphatic carbocycles. The topological polar surface area (TPSA) is 104 Å². The highest BCUT2D eigenvalue weighted by Crippen LogP contribution is 2.42. The van der Waals surface area contributed by atoms with Crippen LogP contribution in [0.3, 0.4) is 0 Å². The molecule has 0 bridgehead atoms. The van der Waals surface area contributed by atoms with Gasteiger partial charge < -0.3 is 24.7 Å². The van der Waals surface area contributed by atoms with E-state index in [1.165, 1.54) is 7.11 Å². The molecule has 138 valence electrons. The molecular weight excluding hydrogens is 336 g/mol. The van der Waals surface area contributed by atoms with Gasteiger partial charge in [0.15, 0.2) is 11.5 Å². The molecule has 7 heteroatoms. The number of allylic oxidation sites excluding steroid dienone is 2. The number of methoxy groups -OCH3 is 1. The first kappa shape index (κ1) is 19.2. The number of ether oxygens (including phenoxy) is 4. The zero-order chi connectivity index (χ0) is 19.3. The van der Waals surface area contributed by atoms with E-state index in [1.54, 1.807) is 32.0 Å². The van der Waals surface area contributed by atoms with Crippen LogP contribution < -0.4 is 15.2 Å². The molecule has 2 N–H and O–H groups in total. The molecule has 0 radical (unpaired) electrons. The summed E-state index contributed by atoms with van der Waals surface area (Å²) in [5.74, 6) is 0.0707. The maximum Gasteiger partial charge on any atom is 0.338 e. The lowest BCUT2D eigenvalue weighted by atomic mass is 9.83. The molecule has 1 heterocycles. The predicted octanol–water partition coefficient (Wildman–Crippen LogP) is 2.74. The molecule has 1 atom stereocenters. The summed E-state index contributed by atoms with van der Waals surface area (Å²) in [5, 5.41) is 9.58. The number of rotatable bonds is 6. The van der Waals surface area contributed by atoms with E-state index in [0.717, 1.165) is 0 Å². The summed E-state index contributed by atoms with van der Waals surface area (Å²) < 4.78 is 21.4. The Morgan fingerprint density at radius 1 is 1.31 bits per heavy atom. The molecule has 0 spiro atoms. The first-order valence-corrected chi connectivity index (χ1v) is 8.24. The molecular formula is C19H22N2O5. The van der Waals surface area contributed by atoms with Crippen LogP contribution in [-0.4, -0.2) is 26.3 Å². The van der Waals surface area contributed by atoms with Crippen molar-refractivity contribution >= 4 is 5.97 Å².